The summed E-state index contributed by atoms with van der Waals surface area (Å²) in [7, 11) is 0. The minimum atomic E-state index is -1.05. The van der Waals surface area contributed by atoms with Crippen molar-refractivity contribution in [3.05, 3.63) is 54.7 Å². The van der Waals surface area contributed by atoms with E-state index in [0.717, 1.165) is 30.5 Å². The third-order valence-corrected chi connectivity index (χ3v) is 5.92. The van der Waals surface area contributed by atoms with E-state index in [1.807, 2.05) is 24.3 Å². The van der Waals surface area contributed by atoms with Gasteiger partial charge < -0.3 is 15.2 Å². The number of nitrogens with zero attached hydrogens (tertiary/aromatic N) is 3. The molecule has 2 fully saturated rings. The van der Waals surface area contributed by atoms with Crippen molar-refractivity contribution in [3.63, 3.8) is 0 Å². The first-order valence-electron chi connectivity index (χ1n) is 10.3. The monoisotopic (exact) mass is 406 g/mol. The normalized spacial score (nSPS) is 25.6. The van der Waals surface area contributed by atoms with Crippen molar-refractivity contribution in [3.8, 4) is 34.1 Å². The number of alkyl halides is 1. The molecule has 7 heteroatoms. The summed E-state index contributed by atoms with van der Waals surface area (Å²) in [5, 5.41) is 22.1. The zero-order valence-electron chi connectivity index (χ0n) is 16.4. The summed E-state index contributed by atoms with van der Waals surface area (Å²) in [6, 6.07) is 14.5. The zero-order valence-corrected chi connectivity index (χ0v) is 16.4. The van der Waals surface area contributed by atoms with Crippen LogP contribution in [0.2, 0.25) is 0 Å². The number of ether oxygens (including phenoxy) is 1. The van der Waals surface area contributed by atoms with E-state index in [-0.39, 0.29) is 11.8 Å². The van der Waals surface area contributed by atoms with Gasteiger partial charge in [0.15, 0.2) is 6.17 Å². The summed E-state index contributed by atoms with van der Waals surface area (Å²) in [4.78, 5) is 4.30. The van der Waals surface area contributed by atoms with Crippen LogP contribution in [0.5, 0.6) is 11.6 Å². The van der Waals surface area contributed by atoms with E-state index < -0.39 is 12.3 Å². The minimum absolute atomic E-state index is 0.0936. The fraction of sp³-hybridized carbons (Fsp3) is 0.348. The van der Waals surface area contributed by atoms with Gasteiger partial charge in [0.05, 0.1) is 11.4 Å². The van der Waals surface area contributed by atoms with Crippen LogP contribution in [-0.4, -0.2) is 44.6 Å². The van der Waals surface area contributed by atoms with E-state index >= 15 is 0 Å². The van der Waals surface area contributed by atoms with Gasteiger partial charge in [-0.15, -0.1) is 10.2 Å². The molecule has 4 atom stereocenters. The van der Waals surface area contributed by atoms with Crippen molar-refractivity contribution in [2.75, 3.05) is 0 Å². The molecular formula is C23H23FN4O2. The fourth-order valence-electron chi connectivity index (χ4n) is 4.40. The van der Waals surface area contributed by atoms with Crippen LogP contribution in [0, 0.1) is 0 Å². The number of hydrogen-bond donors (Lipinski definition) is 2. The predicted molar refractivity (Wildman–Crippen MR) is 111 cm³/mol. The maximum Gasteiger partial charge on any atom is 0.233 e. The summed E-state index contributed by atoms with van der Waals surface area (Å²) in [6.07, 6.45) is 3.75. The molecule has 3 aromatic rings. The Kier molecular flexibility index (Phi) is 5.04. The van der Waals surface area contributed by atoms with Crippen LogP contribution in [0.25, 0.3) is 22.5 Å². The molecule has 0 radical (unpaired) electrons. The van der Waals surface area contributed by atoms with Crippen LogP contribution in [0.1, 0.15) is 25.7 Å². The summed E-state index contributed by atoms with van der Waals surface area (Å²) in [5.74, 6) is 0.395. The topological polar surface area (TPSA) is 80.2 Å². The highest BCUT2D eigenvalue weighted by Gasteiger charge is 2.41. The molecule has 2 aromatic heterocycles. The first-order valence-corrected chi connectivity index (χ1v) is 10.3. The molecule has 2 aliphatic heterocycles. The average Bonchev–Trinajstić information content (AvgIpc) is 2.79. The van der Waals surface area contributed by atoms with Gasteiger partial charge in [-0.1, -0.05) is 18.6 Å². The van der Waals surface area contributed by atoms with Crippen molar-refractivity contribution >= 4 is 0 Å². The highest BCUT2D eigenvalue weighted by Crippen LogP contribution is 2.33. The van der Waals surface area contributed by atoms with Gasteiger partial charge in [-0.2, -0.15) is 0 Å². The number of halogens is 1. The van der Waals surface area contributed by atoms with Gasteiger partial charge in [-0.05, 0) is 43.2 Å². The number of nitrogens with one attached hydrogen (secondary N) is 1. The minimum Gasteiger partial charge on any atom is -0.507 e. The fourth-order valence-corrected chi connectivity index (χ4v) is 4.40. The van der Waals surface area contributed by atoms with E-state index in [9.17, 15) is 9.50 Å². The SMILES string of the molecule is Oc1cc(-c2ccccn2)ccc1-c1ccc(O[C@H]2C[C@@H]3CCC[C@@H](N3)[C@H]2F)nn1. The molecule has 1 aromatic carbocycles. The maximum atomic E-state index is 14.7. The van der Waals surface area contributed by atoms with E-state index in [2.05, 4.69) is 20.5 Å². The standard InChI is InChI=1S/C23H23FN4O2/c24-23-19-6-3-4-15(26-19)13-21(23)30-22-10-9-18(27-28-22)16-8-7-14(12-20(16)29)17-5-1-2-11-25-17/h1-2,5,7-12,15,19,21,23,26,29H,3-4,6,13H2/t15-,19+,21-,23+/m0/s1. The largest absolute Gasteiger partial charge is 0.507 e. The Morgan fingerprint density at radius 3 is 2.73 bits per heavy atom. The molecule has 0 unspecified atom stereocenters. The van der Waals surface area contributed by atoms with E-state index in [0.29, 0.717) is 29.6 Å². The van der Waals surface area contributed by atoms with Crippen molar-refractivity contribution in [2.24, 2.45) is 0 Å². The molecule has 2 saturated heterocycles. The summed E-state index contributed by atoms with van der Waals surface area (Å²) in [6.45, 7) is 0. The van der Waals surface area contributed by atoms with Crippen LogP contribution < -0.4 is 10.1 Å². The number of aromatic nitrogens is 3. The molecule has 4 heterocycles. The number of phenolic OH excluding ortho intramolecular Hbond substituents is 1. The molecule has 0 saturated carbocycles. The molecule has 5 rings (SSSR count). The van der Waals surface area contributed by atoms with Crippen LogP contribution >= 0.6 is 0 Å². The highest BCUT2D eigenvalue weighted by atomic mass is 19.1. The van der Waals surface area contributed by atoms with Gasteiger partial charge in [0, 0.05) is 41.9 Å². The predicted octanol–water partition coefficient (Wildman–Crippen LogP) is 3.91. The zero-order chi connectivity index (χ0) is 20.5. The lowest BCUT2D eigenvalue weighted by Crippen LogP contribution is -2.59. The first-order chi connectivity index (χ1) is 14.7. The Morgan fingerprint density at radius 2 is 1.97 bits per heavy atom. The Morgan fingerprint density at radius 1 is 1.03 bits per heavy atom. The molecule has 6 nitrogen and oxygen atoms in total. The number of piperidine rings is 2. The lowest BCUT2D eigenvalue weighted by atomic mass is 9.84. The first kappa shape index (κ1) is 18.9. The Bertz CT molecular complexity index is 1020. The van der Waals surface area contributed by atoms with Crippen molar-refractivity contribution in [1.29, 1.82) is 0 Å². The number of fused-ring (bicyclic) bond motifs is 2. The lowest BCUT2D eigenvalue weighted by Gasteiger charge is -2.42. The Balaban J connectivity index is 1.31. The number of rotatable bonds is 4. The van der Waals surface area contributed by atoms with E-state index in [1.165, 1.54) is 0 Å². The smallest absolute Gasteiger partial charge is 0.233 e. The molecule has 0 aliphatic carbocycles. The van der Waals surface area contributed by atoms with Crippen LogP contribution in [0.4, 0.5) is 4.39 Å². The molecule has 0 amide bonds. The lowest BCUT2D eigenvalue weighted by molar-refractivity contribution is 0.00652. The van der Waals surface area contributed by atoms with Gasteiger partial charge in [0.2, 0.25) is 5.88 Å². The molecular weight excluding hydrogens is 383 g/mol. The molecule has 2 aliphatic rings. The average molecular weight is 406 g/mol. The summed E-state index contributed by atoms with van der Waals surface area (Å²) < 4.78 is 20.5. The third-order valence-electron chi connectivity index (χ3n) is 5.92. The Hall–Kier alpha value is -3.06. The van der Waals surface area contributed by atoms with Crippen LogP contribution in [-0.2, 0) is 0 Å². The number of phenols is 1. The second-order valence-electron chi connectivity index (χ2n) is 7.94. The van der Waals surface area contributed by atoms with Crippen molar-refractivity contribution < 1.29 is 14.2 Å². The number of hydrogen-bond acceptors (Lipinski definition) is 6. The second-order valence-corrected chi connectivity index (χ2v) is 7.94. The van der Waals surface area contributed by atoms with Crippen molar-refractivity contribution in [1.82, 2.24) is 20.5 Å². The summed E-state index contributed by atoms with van der Waals surface area (Å²) in [5.41, 5.74) is 2.68. The number of pyridine rings is 1. The molecule has 2 bridgehead atoms. The van der Waals surface area contributed by atoms with Gasteiger partial charge >= 0.3 is 0 Å². The highest BCUT2D eigenvalue weighted by molar-refractivity contribution is 5.72. The van der Waals surface area contributed by atoms with Crippen LogP contribution in [0.3, 0.4) is 0 Å². The molecule has 30 heavy (non-hydrogen) atoms. The summed E-state index contributed by atoms with van der Waals surface area (Å²) >= 11 is 0. The molecule has 0 spiro atoms. The van der Waals surface area contributed by atoms with Gasteiger partial charge in [-0.3, -0.25) is 4.98 Å². The quantitative estimate of drug-likeness (QED) is 0.684. The number of benzene rings is 1. The van der Waals surface area contributed by atoms with Crippen molar-refractivity contribution in [2.45, 2.75) is 50.0 Å². The van der Waals surface area contributed by atoms with Crippen LogP contribution in [0.15, 0.2) is 54.7 Å². The Labute approximate surface area is 174 Å². The maximum absolute atomic E-state index is 14.7. The van der Waals surface area contributed by atoms with Gasteiger partial charge in [-0.25, -0.2) is 4.39 Å². The molecule has 154 valence electrons. The van der Waals surface area contributed by atoms with E-state index in [1.54, 1.807) is 30.5 Å². The molecule has 2 N–H and O–H groups in total. The van der Waals surface area contributed by atoms with E-state index in [4.69, 9.17) is 4.74 Å². The van der Waals surface area contributed by atoms with Gasteiger partial charge in [0.1, 0.15) is 11.9 Å². The second kappa shape index (κ2) is 7.99. The number of aromatic hydroxyl groups is 1. The van der Waals surface area contributed by atoms with Gasteiger partial charge in [0.25, 0.3) is 0 Å². The third kappa shape index (κ3) is 3.73.